The predicted molar refractivity (Wildman–Crippen MR) is 56.6 cm³/mol. The zero-order chi connectivity index (χ0) is 10.5. The van der Waals surface area contributed by atoms with E-state index in [1.165, 1.54) is 0 Å². The molecule has 0 spiro atoms. The van der Waals surface area contributed by atoms with E-state index in [1.807, 2.05) is 0 Å². The first kappa shape index (κ1) is 12.9. The van der Waals surface area contributed by atoms with Gasteiger partial charge in [-0.2, -0.15) is 0 Å². The molecule has 0 aliphatic carbocycles. The summed E-state index contributed by atoms with van der Waals surface area (Å²) in [6.07, 6.45) is 0. The Kier molecular flexibility index (Phi) is 4.89. The van der Waals surface area contributed by atoms with Crippen LogP contribution in [0.5, 0.6) is 0 Å². The monoisotopic (exact) mass is 190 g/mol. The fourth-order valence-electron chi connectivity index (χ4n) is 0.779. The van der Waals surface area contributed by atoms with Gasteiger partial charge in [-0.05, 0) is 0 Å². The quantitative estimate of drug-likeness (QED) is 0.435. The Hall–Kier alpha value is -0.120. The van der Waals surface area contributed by atoms with Gasteiger partial charge in [0, 0.05) is 0 Å². The van der Waals surface area contributed by atoms with Crippen molar-refractivity contribution >= 4 is 0 Å². The van der Waals surface area contributed by atoms with E-state index >= 15 is 0 Å². The Morgan fingerprint density at radius 2 is 1.00 bits per heavy atom. The third-order valence-electron chi connectivity index (χ3n) is 1.81. The average Bonchev–Trinajstić information content (AvgIpc) is 1.81. The molecule has 0 radical (unpaired) electrons. The highest BCUT2D eigenvalue weighted by Gasteiger charge is 2.08. The van der Waals surface area contributed by atoms with Crippen LogP contribution in [-0.2, 0) is 4.74 Å². The van der Waals surface area contributed by atoms with Gasteiger partial charge in [0.25, 0.3) is 0 Å². The molecule has 0 bridgehead atoms. The number of nitrogens with zero attached hydrogens (tertiary/aromatic N) is 2. The van der Waals surface area contributed by atoms with E-state index < -0.39 is 0 Å². The third kappa shape index (κ3) is 11.9. The number of hydrogen-bond donors (Lipinski definition) is 0. The first-order valence-electron chi connectivity index (χ1n) is 4.89. The van der Waals surface area contributed by atoms with Crippen molar-refractivity contribution < 1.29 is 13.7 Å². The molecule has 0 saturated carbocycles. The Morgan fingerprint density at radius 3 is 1.23 bits per heavy atom. The molecule has 0 aromatic carbocycles. The fourth-order valence-corrected chi connectivity index (χ4v) is 0.779. The zero-order valence-corrected chi connectivity index (χ0v) is 10.1. The maximum atomic E-state index is 5.55. The first-order valence-corrected chi connectivity index (χ1v) is 4.89. The minimum atomic E-state index is 0.865. The second kappa shape index (κ2) is 4.94. The topological polar surface area (TPSA) is 9.23 Å². The summed E-state index contributed by atoms with van der Waals surface area (Å²) < 4.78 is 7.51. The lowest BCUT2D eigenvalue weighted by Crippen LogP contribution is -2.40. The van der Waals surface area contributed by atoms with E-state index in [4.69, 9.17) is 4.74 Å². The van der Waals surface area contributed by atoms with Crippen molar-refractivity contribution in [1.82, 2.24) is 0 Å². The molecule has 0 aliphatic rings. The van der Waals surface area contributed by atoms with Crippen LogP contribution in [0.15, 0.2) is 0 Å². The van der Waals surface area contributed by atoms with Crippen molar-refractivity contribution in [2.75, 3.05) is 68.6 Å². The largest absolute Gasteiger partial charge is 0.370 e. The predicted octanol–water partition coefficient (Wildman–Crippen LogP) is 0.415. The van der Waals surface area contributed by atoms with Crippen molar-refractivity contribution in [2.45, 2.75) is 0 Å². The molecular formula is C10H26N2O+2. The van der Waals surface area contributed by atoms with E-state index in [0.717, 1.165) is 35.3 Å². The normalized spacial score (nSPS) is 13.4. The second-order valence-corrected chi connectivity index (χ2v) is 5.64. The van der Waals surface area contributed by atoms with Gasteiger partial charge in [0.2, 0.25) is 0 Å². The minimum absolute atomic E-state index is 0.865. The molecule has 0 amide bonds. The van der Waals surface area contributed by atoms with Crippen LogP contribution in [0.2, 0.25) is 0 Å². The average molecular weight is 190 g/mol. The van der Waals surface area contributed by atoms with Gasteiger partial charge in [-0.3, -0.25) is 0 Å². The van der Waals surface area contributed by atoms with Crippen LogP contribution in [0.1, 0.15) is 0 Å². The van der Waals surface area contributed by atoms with Crippen LogP contribution in [0.3, 0.4) is 0 Å². The molecule has 0 aliphatic heterocycles. The van der Waals surface area contributed by atoms with Crippen LogP contribution < -0.4 is 0 Å². The van der Waals surface area contributed by atoms with Crippen molar-refractivity contribution in [3.63, 3.8) is 0 Å². The molecule has 0 N–H and O–H groups in total. The zero-order valence-electron chi connectivity index (χ0n) is 10.1. The smallest absolute Gasteiger partial charge is 0.102 e. The highest BCUT2D eigenvalue weighted by molar-refractivity contribution is 4.31. The Bertz CT molecular complexity index is 117. The minimum Gasteiger partial charge on any atom is -0.370 e. The van der Waals surface area contributed by atoms with Crippen LogP contribution in [-0.4, -0.2) is 77.6 Å². The molecule has 0 aromatic heterocycles. The van der Waals surface area contributed by atoms with Gasteiger partial charge in [-0.15, -0.1) is 0 Å². The van der Waals surface area contributed by atoms with E-state index in [9.17, 15) is 0 Å². The summed E-state index contributed by atoms with van der Waals surface area (Å²) in [6, 6.07) is 0. The van der Waals surface area contributed by atoms with Gasteiger partial charge < -0.3 is 13.7 Å². The first-order chi connectivity index (χ1) is 5.71. The molecule has 0 aromatic rings. The summed E-state index contributed by atoms with van der Waals surface area (Å²) in [5, 5.41) is 0. The Balaban J connectivity index is 3.28. The lowest BCUT2D eigenvalue weighted by molar-refractivity contribution is -0.874. The van der Waals surface area contributed by atoms with Gasteiger partial charge in [0.15, 0.2) is 0 Å². The van der Waals surface area contributed by atoms with Gasteiger partial charge in [-0.25, -0.2) is 0 Å². The van der Waals surface area contributed by atoms with Gasteiger partial charge in [0.1, 0.15) is 13.1 Å². The molecule has 3 nitrogen and oxygen atoms in total. The maximum Gasteiger partial charge on any atom is 0.102 e. The molecule has 0 atom stereocenters. The van der Waals surface area contributed by atoms with E-state index in [0.29, 0.717) is 0 Å². The molecule has 0 fully saturated rings. The summed E-state index contributed by atoms with van der Waals surface area (Å²) in [7, 11) is 13.1. The fraction of sp³-hybridized carbons (Fsp3) is 1.00. The molecule has 0 heterocycles. The van der Waals surface area contributed by atoms with E-state index in [1.54, 1.807) is 0 Å². The van der Waals surface area contributed by atoms with Gasteiger partial charge in [0.05, 0.1) is 55.5 Å². The molecular weight excluding hydrogens is 164 g/mol. The number of likely N-dealkylation sites (N-methyl/N-ethyl adjacent to an activating group) is 2. The van der Waals surface area contributed by atoms with Crippen molar-refractivity contribution in [3.8, 4) is 0 Å². The third-order valence-corrected chi connectivity index (χ3v) is 1.81. The highest BCUT2D eigenvalue weighted by Crippen LogP contribution is 1.92. The molecule has 0 unspecified atom stereocenters. The molecule has 0 saturated heterocycles. The SMILES string of the molecule is C[N+](C)(C)CCOCC[N+](C)(C)C. The summed E-state index contributed by atoms with van der Waals surface area (Å²) in [6.45, 7) is 3.89. The standard InChI is InChI=1S/C10H26N2O/c1-11(2,3)7-9-13-10-8-12(4,5)6/h7-10H2,1-6H3/q+2. The summed E-state index contributed by atoms with van der Waals surface area (Å²) in [5.41, 5.74) is 0. The Morgan fingerprint density at radius 1 is 0.692 bits per heavy atom. The highest BCUT2D eigenvalue weighted by atomic mass is 16.5. The maximum absolute atomic E-state index is 5.55. The summed E-state index contributed by atoms with van der Waals surface area (Å²) >= 11 is 0. The number of ether oxygens (including phenoxy) is 1. The molecule has 0 rings (SSSR count). The van der Waals surface area contributed by atoms with Crippen LogP contribution >= 0.6 is 0 Å². The Labute approximate surface area is 83.1 Å². The lowest BCUT2D eigenvalue weighted by Gasteiger charge is -2.25. The second-order valence-electron chi connectivity index (χ2n) is 5.64. The van der Waals surface area contributed by atoms with E-state index in [-0.39, 0.29) is 0 Å². The molecule has 3 heteroatoms. The summed E-state index contributed by atoms with van der Waals surface area (Å²) in [4.78, 5) is 0. The van der Waals surface area contributed by atoms with Crippen LogP contribution in [0, 0.1) is 0 Å². The summed E-state index contributed by atoms with van der Waals surface area (Å²) in [5.74, 6) is 0. The van der Waals surface area contributed by atoms with E-state index in [2.05, 4.69) is 42.3 Å². The molecule has 80 valence electrons. The van der Waals surface area contributed by atoms with Gasteiger partial charge in [-0.1, -0.05) is 0 Å². The number of rotatable bonds is 6. The number of hydrogen-bond acceptors (Lipinski definition) is 1. The van der Waals surface area contributed by atoms with Crippen molar-refractivity contribution in [1.29, 1.82) is 0 Å². The van der Waals surface area contributed by atoms with Crippen molar-refractivity contribution in [3.05, 3.63) is 0 Å². The van der Waals surface area contributed by atoms with Crippen molar-refractivity contribution in [2.24, 2.45) is 0 Å². The molecule has 13 heavy (non-hydrogen) atoms. The van der Waals surface area contributed by atoms with Crippen LogP contribution in [0.4, 0.5) is 0 Å². The van der Waals surface area contributed by atoms with Crippen LogP contribution in [0.25, 0.3) is 0 Å². The number of quaternary nitrogens is 2. The van der Waals surface area contributed by atoms with Gasteiger partial charge >= 0.3 is 0 Å². The lowest BCUT2D eigenvalue weighted by atomic mass is 10.5.